The topological polar surface area (TPSA) is 41.1 Å². The van der Waals surface area contributed by atoms with E-state index in [9.17, 15) is 4.79 Å². The number of halogens is 1. The third-order valence-electron chi connectivity index (χ3n) is 3.62. The van der Waals surface area contributed by atoms with E-state index >= 15 is 0 Å². The van der Waals surface area contributed by atoms with Gasteiger partial charge in [0.15, 0.2) is 0 Å². The number of amides is 2. The highest BCUT2D eigenvalue weighted by atomic mass is 79.9. The van der Waals surface area contributed by atoms with Gasteiger partial charge in [0.05, 0.1) is 0 Å². The molecule has 0 aliphatic heterocycles. The van der Waals surface area contributed by atoms with Gasteiger partial charge < -0.3 is 10.6 Å². The lowest BCUT2D eigenvalue weighted by molar-refractivity contribution is 0.252. The second kappa shape index (κ2) is 9.36. The number of anilines is 1. The minimum absolute atomic E-state index is 0.165. The van der Waals surface area contributed by atoms with Crippen molar-refractivity contribution >= 4 is 27.6 Å². The van der Waals surface area contributed by atoms with Crippen LogP contribution in [-0.2, 0) is 12.8 Å². The zero-order valence-corrected chi connectivity index (χ0v) is 15.0. The van der Waals surface area contributed by atoms with Gasteiger partial charge in [-0.15, -0.1) is 0 Å². The number of benzene rings is 2. The Morgan fingerprint density at radius 2 is 1.83 bits per heavy atom. The highest BCUT2D eigenvalue weighted by Gasteiger charge is 2.02. The van der Waals surface area contributed by atoms with Crippen LogP contribution in [0, 0.1) is 0 Å². The summed E-state index contributed by atoms with van der Waals surface area (Å²) < 4.78 is 1.06. The molecule has 0 aliphatic carbocycles. The smallest absolute Gasteiger partial charge is 0.319 e. The van der Waals surface area contributed by atoms with Crippen molar-refractivity contribution < 1.29 is 4.79 Å². The lowest BCUT2D eigenvalue weighted by atomic mass is 10.1. The van der Waals surface area contributed by atoms with Gasteiger partial charge in [0.25, 0.3) is 0 Å². The molecule has 0 unspecified atom stereocenters. The minimum atomic E-state index is -0.165. The van der Waals surface area contributed by atoms with Crippen LogP contribution in [0.1, 0.15) is 30.9 Å². The van der Waals surface area contributed by atoms with Crippen molar-refractivity contribution in [3.63, 3.8) is 0 Å². The summed E-state index contributed by atoms with van der Waals surface area (Å²) in [5, 5.41) is 5.75. The van der Waals surface area contributed by atoms with E-state index in [1.54, 1.807) is 0 Å². The van der Waals surface area contributed by atoms with Crippen LogP contribution in [0.4, 0.5) is 10.5 Å². The fraction of sp³-hybridized carbons (Fsp3) is 0.316. The van der Waals surface area contributed by atoms with Crippen molar-refractivity contribution in [1.82, 2.24) is 5.32 Å². The van der Waals surface area contributed by atoms with Crippen molar-refractivity contribution in [3.05, 3.63) is 64.1 Å². The fourth-order valence-electron chi connectivity index (χ4n) is 2.32. The molecule has 2 N–H and O–H groups in total. The molecule has 2 amide bonds. The van der Waals surface area contributed by atoms with Crippen LogP contribution >= 0.6 is 15.9 Å². The number of hydrogen-bond acceptors (Lipinski definition) is 1. The van der Waals surface area contributed by atoms with E-state index in [1.165, 1.54) is 24.0 Å². The average molecular weight is 375 g/mol. The molecule has 0 bridgehead atoms. The Morgan fingerprint density at radius 3 is 2.52 bits per heavy atom. The summed E-state index contributed by atoms with van der Waals surface area (Å²) in [7, 11) is 0. The summed E-state index contributed by atoms with van der Waals surface area (Å²) in [6, 6.07) is 16.0. The Hall–Kier alpha value is -1.81. The van der Waals surface area contributed by atoms with Gasteiger partial charge in [-0.2, -0.15) is 0 Å². The zero-order chi connectivity index (χ0) is 16.5. The molecule has 122 valence electrons. The van der Waals surface area contributed by atoms with Gasteiger partial charge in [0, 0.05) is 16.7 Å². The Bertz CT molecular complexity index is 626. The maximum absolute atomic E-state index is 11.9. The zero-order valence-electron chi connectivity index (χ0n) is 13.4. The van der Waals surface area contributed by atoms with Gasteiger partial charge >= 0.3 is 6.03 Å². The first-order chi connectivity index (χ1) is 11.2. The van der Waals surface area contributed by atoms with Gasteiger partial charge in [-0.25, -0.2) is 4.79 Å². The number of carbonyl (C=O) groups excluding carboxylic acids is 1. The van der Waals surface area contributed by atoms with E-state index in [0.717, 1.165) is 23.0 Å². The molecule has 0 saturated heterocycles. The summed E-state index contributed by atoms with van der Waals surface area (Å²) in [4.78, 5) is 11.9. The second-order valence-electron chi connectivity index (χ2n) is 5.56. The molecule has 0 spiro atoms. The standard InChI is InChI=1S/C19H23BrN2O/c1-2-3-5-15-8-10-18(11-9-15)22-19(23)21-13-12-16-6-4-7-17(20)14-16/h4,6-11,14H,2-3,5,12-13H2,1H3,(H2,21,22,23). The van der Waals surface area contributed by atoms with Crippen LogP contribution in [0.2, 0.25) is 0 Å². The minimum Gasteiger partial charge on any atom is -0.338 e. The monoisotopic (exact) mass is 374 g/mol. The summed E-state index contributed by atoms with van der Waals surface area (Å²) in [6.45, 7) is 2.80. The molecule has 2 rings (SSSR count). The maximum Gasteiger partial charge on any atom is 0.319 e. The van der Waals surface area contributed by atoms with Crippen LogP contribution < -0.4 is 10.6 Å². The second-order valence-corrected chi connectivity index (χ2v) is 6.48. The van der Waals surface area contributed by atoms with Crippen LogP contribution in [0.5, 0.6) is 0 Å². The van der Waals surface area contributed by atoms with E-state index in [1.807, 2.05) is 24.3 Å². The number of urea groups is 1. The highest BCUT2D eigenvalue weighted by Crippen LogP contribution is 2.13. The number of nitrogens with one attached hydrogen (secondary N) is 2. The molecule has 0 saturated carbocycles. The van der Waals surface area contributed by atoms with E-state index in [4.69, 9.17) is 0 Å². The average Bonchev–Trinajstić information content (AvgIpc) is 2.54. The lowest BCUT2D eigenvalue weighted by Crippen LogP contribution is -2.30. The van der Waals surface area contributed by atoms with E-state index in [0.29, 0.717) is 6.54 Å². The molecule has 0 aliphatic rings. The van der Waals surface area contributed by atoms with Crippen LogP contribution in [0.3, 0.4) is 0 Å². The van der Waals surface area contributed by atoms with Gasteiger partial charge in [-0.3, -0.25) is 0 Å². The van der Waals surface area contributed by atoms with Gasteiger partial charge in [-0.05, 0) is 54.7 Å². The SMILES string of the molecule is CCCCc1ccc(NC(=O)NCCc2cccc(Br)c2)cc1. The summed E-state index contributed by atoms with van der Waals surface area (Å²) in [5.74, 6) is 0. The number of carbonyl (C=O) groups is 1. The summed E-state index contributed by atoms with van der Waals surface area (Å²) in [6.07, 6.45) is 4.29. The molecule has 23 heavy (non-hydrogen) atoms. The molecular weight excluding hydrogens is 352 g/mol. The largest absolute Gasteiger partial charge is 0.338 e. The van der Waals surface area contributed by atoms with Crippen molar-refractivity contribution in [3.8, 4) is 0 Å². The molecular formula is C19H23BrN2O. The molecule has 0 atom stereocenters. The summed E-state index contributed by atoms with van der Waals surface area (Å²) in [5.41, 5.74) is 3.33. The highest BCUT2D eigenvalue weighted by molar-refractivity contribution is 9.10. The Kier molecular flexibility index (Phi) is 7.14. The van der Waals surface area contributed by atoms with Crippen LogP contribution in [0.25, 0.3) is 0 Å². The predicted molar refractivity (Wildman–Crippen MR) is 99.9 cm³/mol. The predicted octanol–water partition coefficient (Wildman–Crippen LogP) is 5.16. The third kappa shape index (κ3) is 6.45. The van der Waals surface area contributed by atoms with E-state index < -0.39 is 0 Å². The number of hydrogen-bond donors (Lipinski definition) is 2. The number of rotatable bonds is 7. The van der Waals surface area contributed by atoms with Crippen molar-refractivity contribution in [2.45, 2.75) is 32.6 Å². The molecule has 3 nitrogen and oxygen atoms in total. The normalized spacial score (nSPS) is 10.3. The van der Waals surface area contributed by atoms with E-state index in [2.05, 4.69) is 57.8 Å². The lowest BCUT2D eigenvalue weighted by Gasteiger charge is -2.09. The van der Waals surface area contributed by atoms with Crippen molar-refractivity contribution in [2.75, 3.05) is 11.9 Å². The van der Waals surface area contributed by atoms with E-state index in [-0.39, 0.29) is 6.03 Å². The van der Waals surface area contributed by atoms with Crippen LogP contribution in [0.15, 0.2) is 53.0 Å². The Labute approximate surface area is 146 Å². The quantitative estimate of drug-likeness (QED) is 0.690. The van der Waals surface area contributed by atoms with Gasteiger partial charge in [0.1, 0.15) is 0 Å². The molecule has 2 aromatic rings. The maximum atomic E-state index is 11.9. The molecule has 0 heterocycles. The first-order valence-electron chi connectivity index (χ1n) is 8.05. The van der Waals surface area contributed by atoms with Crippen molar-refractivity contribution in [2.24, 2.45) is 0 Å². The first-order valence-corrected chi connectivity index (χ1v) is 8.85. The van der Waals surface area contributed by atoms with Gasteiger partial charge in [-0.1, -0.05) is 53.5 Å². The van der Waals surface area contributed by atoms with Crippen molar-refractivity contribution in [1.29, 1.82) is 0 Å². The van der Waals surface area contributed by atoms with Crippen LogP contribution in [-0.4, -0.2) is 12.6 Å². The Balaban J connectivity index is 1.74. The number of unbranched alkanes of at least 4 members (excludes halogenated alkanes) is 1. The number of aryl methyl sites for hydroxylation is 1. The molecule has 4 heteroatoms. The van der Waals surface area contributed by atoms with Gasteiger partial charge in [0.2, 0.25) is 0 Å². The fourth-order valence-corrected chi connectivity index (χ4v) is 2.77. The summed E-state index contributed by atoms with van der Waals surface area (Å²) >= 11 is 3.45. The Morgan fingerprint density at radius 1 is 1.04 bits per heavy atom. The molecule has 0 aromatic heterocycles. The first kappa shape index (κ1) is 17.5. The molecule has 2 aromatic carbocycles. The molecule has 0 radical (unpaired) electrons. The molecule has 0 fully saturated rings. The third-order valence-corrected chi connectivity index (χ3v) is 4.11.